The van der Waals surface area contributed by atoms with E-state index in [0.717, 1.165) is 25.9 Å². The Bertz CT molecular complexity index is 350. The van der Waals surface area contributed by atoms with E-state index in [4.69, 9.17) is 5.73 Å². The van der Waals surface area contributed by atoms with Crippen molar-refractivity contribution in [3.05, 3.63) is 29.3 Å². The molecular formula is C15H26N2. The van der Waals surface area contributed by atoms with Crippen molar-refractivity contribution in [2.45, 2.75) is 46.0 Å². The fourth-order valence-electron chi connectivity index (χ4n) is 1.77. The summed E-state index contributed by atoms with van der Waals surface area (Å²) in [5.41, 5.74) is 9.65. The second kappa shape index (κ2) is 6.06. The van der Waals surface area contributed by atoms with Gasteiger partial charge in [-0.25, -0.2) is 0 Å². The predicted octanol–water partition coefficient (Wildman–Crippen LogP) is 3.44. The zero-order chi connectivity index (χ0) is 12.9. The molecule has 0 heterocycles. The van der Waals surface area contributed by atoms with Crippen LogP contribution in [0.15, 0.2) is 18.2 Å². The van der Waals surface area contributed by atoms with Crippen LogP contribution in [0.25, 0.3) is 0 Å². The van der Waals surface area contributed by atoms with Crippen LogP contribution in [0.1, 0.15) is 44.7 Å². The van der Waals surface area contributed by atoms with Crippen LogP contribution in [0, 0.1) is 6.92 Å². The van der Waals surface area contributed by atoms with Gasteiger partial charge in [0.2, 0.25) is 0 Å². The minimum atomic E-state index is 0.210. The summed E-state index contributed by atoms with van der Waals surface area (Å²) in [7, 11) is 0. The highest BCUT2D eigenvalue weighted by molar-refractivity contribution is 5.53. The van der Waals surface area contributed by atoms with E-state index in [1.54, 1.807) is 0 Å². The molecular weight excluding hydrogens is 208 g/mol. The predicted molar refractivity (Wildman–Crippen MR) is 76.7 cm³/mol. The van der Waals surface area contributed by atoms with E-state index in [2.05, 4.69) is 51.2 Å². The largest absolute Gasteiger partial charge is 0.385 e. The maximum absolute atomic E-state index is 5.49. The van der Waals surface area contributed by atoms with Gasteiger partial charge in [-0.05, 0) is 48.9 Å². The van der Waals surface area contributed by atoms with Crippen LogP contribution in [-0.2, 0) is 5.41 Å². The molecule has 0 saturated carbocycles. The molecule has 1 aromatic carbocycles. The molecule has 96 valence electrons. The lowest BCUT2D eigenvalue weighted by molar-refractivity contribution is 0.590. The summed E-state index contributed by atoms with van der Waals surface area (Å²) in [5.74, 6) is 0. The lowest BCUT2D eigenvalue weighted by Crippen LogP contribution is -2.12. The molecule has 0 aromatic heterocycles. The summed E-state index contributed by atoms with van der Waals surface area (Å²) in [5, 5.41) is 3.50. The Hall–Kier alpha value is -1.02. The minimum absolute atomic E-state index is 0.210. The van der Waals surface area contributed by atoms with Crippen LogP contribution in [-0.4, -0.2) is 13.1 Å². The molecule has 0 aliphatic heterocycles. The highest BCUT2D eigenvalue weighted by Gasteiger charge is 2.14. The van der Waals surface area contributed by atoms with Gasteiger partial charge in [0.1, 0.15) is 0 Å². The highest BCUT2D eigenvalue weighted by atomic mass is 14.9. The first kappa shape index (κ1) is 14.0. The summed E-state index contributed by atoms with van der Waals surface area (Å²) < 4.78 is 0. The second-order valence-corrected chi connectivity index (χ2v) is 5.70. The molecule has 0 atom stereocenters. The molecule has 1 rings (SSSR count). The molecule has 0 spiro atoms. The van der Waals surface area contributed by atoms with Crippen LogP contribution in [0.4, 0.5) is 5.69 Å². The van der Waals surface area contributed by atoms with Gasteiger partial charge in [-0.1, -0.05) is 32.9 Å². The number of anilines is 1. The van der Waals surface area contributed by atoms with E-state index in [-0.39, 0.29) is 5.41 Å². The third-order valence-electron chi connectivity index (χ3n) is 3.05. The molecule has 0 fully saturated rings. The van der Waals surface area contributed by atoms with Crippen LogP contribution < -0.4 is 11.1 Å². The summed E-state index contributed by atoms with van der Waals surface area (Å²) in [6.07, 6.45) is 2.22. The lowest BCUT2D eigenvalue weighted by Gasteiger charge is -2.21. The monoisotopic (exact) mass is 234 g/mol. The van der Waals surface area contributed by atoms with Crippen molar-refractivity contribution in [2.24, 2.45) is 5.73 Å². The molecule has 1 aromatic rings. The van der Waals surface area contributed by atoms with Gasteiger partial charge in [-0.3, -0.25) is 0 Å². The summed E-state index contributed by atoms with van der Waals surface area (Å²) >= 11 is 0. The van der Waals surface area contributed by atoms with E-state index in [0.29, 0.717) is 0 Å². The van der Waals surface area contributed by atoms with Crippen molar-refractivity contribution >= 4 is 5.69 Å². The van der Waals surface area contributed by atoms with Gasteiger partial charge in [-0.2, -0.15) is 0 Å². The van der Waals surface area contributed by atoms with Gasteiger partial charge in [0.15, 0.2) is 0 Å². The number of benzene rings is 1. The Kier molecular flexibility index (Phi) is 5.01. The number of nitrogens with two attached hydrogens (primary N) is 1. The average molecular weight is 234 g/mol. The zero-order valence-electron chi connectivity index (χ0n) is 11.6. The molecule has 0 saturated heterocycles. The van der Waals surface area contributed by atoms with Gasteiger partial charge < -0.3 is 11.1 Å². The topological polar surface area (TPSA) is 38.0 Å². The first-order chi connectivity index (χ1) is 7.95. The van der Waals surface area contributed by atoms with Crippen LogP contribution in [0.3, 0.4) is 0 Å². The van der Waals surface area contributed by atoms with Crippen LogP contribution in [0.5, 0.6) is 0 Å². The molecule has 2 nitrogen and oxygen atoms in total. The van der Waals surface area contributed by atoms with E-state index in [9.17, 15) is 0 Å². The van der Waals surface area contributed by atoms with Gasteiger partial charge in [0.25, 0.3) is 0 Å². The molecule has 0 unspecified atom stereocenters. The number of nitrogens with one attached hydrogen (secondary N) is 1. The quantitative estimate of drug-likeness (QED) is 0.766. The SMILES string of the molecule is Cc1ccc(C(C)(C)C)cc1NCCCCN. The lowest BCUT2D eigenvalue weighted by atomic mass is 9.86. The van der Waals surface area contributed by atoms with E-state index < -0.39 is 0 Å². The number of hydrogen-bond acceptors (Lipinski definition) is 2. The smallest absolute Gasteiger partial charge is 0.0372 e. The van der Waals surface area contributed by atoms with Gasteiger partial charge in [0.05, 0.1) is 0 Å². The number of rotatable bonds is 5. The summed E-state index contributed by atoms with van der Waals surface area (Å²) in [6, 6.07) is 6.70. The molecule has 17 heavy (non-hydrogen) atoms. The Morgan fingerprint density at radius 2 is 1.88 bits per heavy atom. The average Bonchev–Trinajstić information content (AvgIpc) is 2.25. The molecule has 0 amide bonds. The third kappa shape index (κ3) is 4.39. The molecule has 2 heteroatoms. The maximum Gasteiger partial charge on any atom is 0.0372 e. The van der Waals surface area contributed by atoms with Crippen molar-refractivity contribution in [1.82, 2.24) is 0 Å². The van der Waals surface area contributed by atoms with Crippen molar-refractivity contribution in [3.8, 4) is 0 Å². The summed E-state index contributed by atoms with van der Waals surface area (Å²) in [4.78, 5) is 0. The fourth-order valence-corrected chi connectivity index (χ4v) is 1.77. The molecule has 0 aliphatic rings. The molecule has 0 radical (unpaired) electrons. The van der Waals surface area contributed by atoms with Gasteiger partial charge >= 0.3 is 0 Å². The van der Waals surface area contributed by atoms with Crippen molar-refractivity contribution < 1.29 is 0 Å². The Morgan fingerprint density at radius 3 is 2.47 bits per heavy atom. The third-order valence-corrected chi connectivity index (χ3v) is 3.05. The van der Waals surface area contributed by atoms with E-state index in [1.165, 1.54) is 16.8 Å². The fraction of sp³-hybridized carbons (Fsp3) is 0.600. The molecule has 0 bridgehead atoms. The van der Waals surface area contributed by atoms with Gasteiger partial charge in [-0.15, -0.1) is 0 Å². The first-order valence-electron chi connectivity index (χ1n) is 6.50. The standard InChI is InChI=1S/C15H26N2/c1-12-7-8-13(15(2,3)4)11-14(12)17-10-6-5-9-16/h7-8,11,17H,5-6,9-10,16H2,1-4H3. The van der Waals surface area contributed by atoms with Crippen molar-refractivity contribution in [2.75, 3.05) is 18.4 Å². The minimum Gasteiger partial charge on any atom is -0.385 e. The van der Waals surface area contributed by atoms with Gasteiger partial charge in [0, 0.05) is 12.2 Å². The maximum atomic E-state index is 5.49. The number of unbranched alkanes of at least 4 members (excludes halogenated alkanes) is 1. The highest BCUT2D eigenvalue weighted by Crippen LogP contribution is 2.26. The van der Waals surface area contributed by atoms with E-state index >= 15 is 0 Å². The summed E-state index contributed by atoms with van der Waals surface area (Å²) in [6.45, 7) is 10.7. The van der Waals surface area contributed by atoms with Crippen LogP contribution >= 0.6 is 0 Å². The van der Waals surface area contributed by atoms with Crippen molar-refractivity contribution in [1.29, 1.82) is 0 Å². The van der Waals surface area contributed by atoms with Crippen LogP contribution in [0.2, 0.25) is 0 Å². The zero-order valence-corrected chi connectivity index (χ0v) is 11.6. The Balaban J connectivity index is 2.70. The normalized spacial score (nSPS) is 11.6. The Labute approximate surface area is 106 Å². The molecule has 3 N–H and O–H groups in total. The second-order valence-electron chi connectivity index (χ2n) is 5.70. The Morgan fingerprint density at radius 1 is 1.18 bits per heavy atom. The first-order valence-corrected chi connectivity index (χ1v) is 6.50. The number of hydrogen-bond donors (Lipinski definition) is 2. The van der Waals surface area contributed by atoms with E-state index in [1.807, 2.05) is 0 Å². The van der Waals surface area contributed by atoms with Crippen molar-refractivity contribution in [3.63, 3.8) is 0 Å². The molecule has 0 aliphatic carbocycles. The number of aryl methyl sites for hydroxylation is 1.